The Morgan fingerprint density at radius 3 is 2.59 bits per heavy atom. The van der Waals surface area contributed by atoms with Crippen molar-refractivity contribution in [1.82, 2.24) is 0 Å². The molecule has 3 aromatic rings. The molecule has 1 aliphatic rings. The van der Waals surface area contributed by atoms with Crippen LogP contribution in [0.4, 0.5) is 11.4 Å². The van der Waals surface area contributed by atoms with Crippen LogP contribution in [0.15, 0.2) is 70.0 Å². The summed E-state index contributed by atoms with van der Waals surface area (Å²) in [4.78, 5) is 25.2. The number of thiocarbonyl (C=S) groups is 1. The van der Waals surface area contributed by atoms with Crippen LogP contribution >= 0.6 is 24.0 Å². The summed E-state index contributed by atoms with van der Waals surface area (Å²) < 4.78 is 6.33. The molecule has 6 nitrogen and oxygen atoms in total. The summed E-state index contributed by atoms with van der Waals surface area (Å²) in [6.45, 7) is 1.79. The molecular weight excluding hydrogens is 408 g/mol. The van der Waals surface area contributed by atoms with Gasteiger partial charge in [0.25, 0.3) is 11.6 Å². The van der Waals surface area contributed by atoms with Gasteiger partial charge in [0.05, 0.1) is 15.5 Å². The summed E-state index contributed by atoms with van der Waals surface area (Å²) in [5.74, 6) is 0.879. The number of nitro groups is 1. The van der Waals surface area contributed by atoms with E-state index in [4.69, 9.17) is 16.6 Å². The van der Waals surface area contributed by atoms with Crippen LogP contribution in [0.3, 0.4) is 0 Å². The van der Waals surface area contributed by atoms with E-state index in [-0.39, 0.29) is 11.6 Å². The second-order valence-corrected chi connectivity index (χ2v) is 7.99. The van der Waals surface area contributed by atoms with Gasteiger partial charge in [-0.2, -0.15) is 0 Å². The second-order valence-electron chi connectivity index (χ2n) is 6.31. The first kappa shape index (κ1) is 19.1. The number of nitro benzene ring substituents is 1. The zero-order chi connectivity index (χ0) is 20.5. The van der Waals surface area contributed by atoms with E-state index in [2.05, 4.69) is 0 Å². The Morgan fingerprint density at radius 1 is 1.14 bits per heavy atom. The average molecular weight is 422 g/mol. The van der Waals surface area contributed by atoms with Crippen molar-refractivity contribution in [3.05, 3.63) is 87.0 Å². The molecule has 29 heavy (non-hydrogen) atoms. The number of anilines is 1. The first-order chi connectivity index (χ1) is 13.9. The first-order valence-electron chi connectivity index (χ1n) is 8.62. The number of para-hydroxylation sites is 1. The molecule has 1 aliphatic heterocycles. The largest absolute Gasteiger partial charge is 0.457 e. The quantitative estimate of drug-likeness (QED) is 0.237. The second kappa shape index (κ2) is 7.65. The fourth-order valence-corrected chi connectivity index (χ4v) is 4.29. The van der Waals surface area contributed by atoms with Gasteiger partial charge in [-0.1, -0.05) is 42.2 Å². The summed E-state index contributed by atoms with van der Waals surface area (Å²) in [5.41, 5.74) is 2.24. The van der Waals surface area contributed by atoms with E-state index >= 15 is 0 Å². The normalized spacial score (nSPS) is 15.3. The van der Waals surface area contributed by atoms with Crippen LogP contribution in [0.1, 0.15) is 11.3 Å². The van der Waals surface area contributed by atoms with Crippen molar-refractivity contribution in [2.24, 2.45) is 0 Å². The highest BCUT2D eigenvalue weighted by Crippen LogP contribution is 2.37. The van der Waals surface area contributed by atoms with E-state index in [1.807, 2.05) is 30.3 Å². The lowest BCUT2D eigenvalue weighted by atomic mass is 10.1. The van der Waals surface area contributed by atoms with E-state index in [0.29, 0.717) is 20.7 Å². The van der Waals surface area contributed by atoms with E-state index < -0.39 is 4.92 Å². The Labute approximate surface area is 176 Å². The standard InChI is InChI=1S/C21H14N2O4S2/c1-13-11-15(23(25)26)7-9-17(13)18-10-8-16(27-18)12-19-20(24)22(21(28)29-19)14-5-3-2-4-6-14/h2-12H,1H3/b19-12+. The number of hydrogen-bond donors (Lipinski definition) is 0. The number of furan rings is 1. The van der Waals surface area contributed by atoms with Gasteiger partial charge in [0, 0.05) is 23.8 Å². The predicted octanol–water partition coefficient (Wildman–Crippen LogP) is 5.57. The van der Waals surface area contributed by atoms with Crippen molar-refractivity contribution in [2.75, 3.05) is 4.90 Å². The van der Waals surface area contributed by atoms with E-state index in [9.17, 15) is 14.9 Å². The van der Waals surface area contributed by atoms with E-state index in [0.717, 1.165) is 16.8 Å². The number of nitrogens with zero attached hydrogens (tertiary/aromatic N) is 2. The minimum Gasteiger partial charge on any atom is -0.457 e. The molecule has 2 aromatic carbocycles. The number of carbonyl (C=O) groups is 1. The average Bonchev–Trinajstić information content (AvgIpc) is 3.27. The molecular formula is C21H14N2O4S2. The summed E-state index contributed by atoms with van der Waals surface area (Å²) in [6, 6.07) is 17.4. The maximum Gasteiger partial charge on any atom is 0.270 e. The first-order valence-corrected chi connectivity index (χ1v) is 9.85. The molecule has 0 atom stereocenters. The van der Waals surface area contributed by atoms with Crippen molar-refractivity contribution >= 4 is 51.7 Å². The SMILES string of the molecule is Cc1cc([N+](=O)[O-])ccc1-c1ccc(/C=C2/SC(=S)N(c3ccccc3)C2=O)o1. The zero-order valence-corrected chi connectivity index (χ0v) is 16.8. The highest BCUT2D eigenvalue weighted by Gasteiger charge is 2.33. The molecule has 1 fully saturated rings. The summed E-state index contributed by atoms with van der Waals surface area (Å²) in [6.07, 6.45) is 1.66. The molecule has 0 aliphatic carbocycles. The topological polar surface area (TPSA) is 76.6 Å². The van der Waals surface area contributed by atoms with Crippen molar-refractivity contribution in [1.29, 1.82) is 0 Å². The van der Waals surface area contributed by atoms with E-state index in [1.54, 1.807) is 31.2 Å². The van der Waals surface area contributed by atoms with Crippen molar-refractivity contribution in [2.45, 2.75) is 6.92 Å². The molecule has 1 amide bonds. The third-order valence-electron chi connectivity index (χ3n) is 4.39. The third kappa shape index (κ3) is 3.72. The Balaban J connectivity index is 1.61. The zero-order valence-electron chi connectivity index (χ0n) is 15.2. The van der Waals surface area contributed by atoms with Gasteiger partial charge in [-0.25, -0.2) is 0 Å². The van der Waals surface area contributed by atoms with Crippen LogP contribution in [0.2, 0.25) is 0 Å². The van der Waals surface area contributed by atoms with Gasteiger partial charge in [-0.3, -0.25) is 19.8 Å². The number of amides is 1. The summed E-state index contributed by atoms with van der Waals surface area (Å²) >= 11 is 6.59. The minimum atomic E-state index is -0.431. The highest BCUT2D eigenvalue weighted by atomic mass is 32.2. The fraction of sp³-hybridized carbons (Fsp3) is 0.0476. The minimum absolute atomic E-state index is 0.0302. The molecule has 144 valence electrons. The lowest BCUT2D eigenvalue weighted by Gasteiger charge is -2.13. The van der Waals surface area contributed by atoms with Crippen molar-refractivity contribution < 1.29 is 14.1 Å². The molecule has 1 aromatic heterocycles. The molecule has 0 radical (unpaired) electrons. The molecule has 0 saturated carbocycles. The van der Waals surface area contributed by atoms with Crippen LogP contribution in [-0.4, -0.2) is 15.2 Å². The number of carbonyl (C=O) groups excluding carboxylic acids is 1. The molecule has 0 bridgehead atoms. The predicted molar refractivity (Wildman–Crippen MR) is 118 cm³/mol. The number of thioether (sulfide) groups is 1. The molecule has 0 N–H and O–H groups in total. The Hall–Kier alpha value is -3.23. The number of rotatable bonds is 4. The van der Waals surface area contributed by atoms with E-state index in [1.165, 1.54) is 28.8 Å². The van der Waals surface area contributed by atoms with Crippen LogP contribution in [0.5, 0.6) is 0 Å². The lowest BCUT2D eigenvalue weighted by molar-refractivity contribution is -0.384. The molecule has 1 saturated heterocycles. The van der Waals surface area contributed by atoms with Crippen molar-refractivity contribution in [3.8, 4) is 11.3 Å². The number of aryl methyl sites for hydroxylation is 1. The van der Waals surface area contributed by atoms with Gasteiger partial charge >= 0.3 is 0 Å². The fourth-order valence-electron chi connectivity index (χ4n) is 3.01. The van der Waals surface area contributed by atoms with Crippen LogP contribution < -0.4 is 4.90 Å². The smallest absolute Gasteiger partial charge is 0.270 e. The number of benzene rings is 2. The Bertz CT molecular complexity index is 1170. The third-order valence-corrected chi connectivity index (χ3v) is 5.70. The molecule has 4 rings (SSSR count). The van der Waals surface area contributed by atoms with Gasteiger partial charge in [-0.05, 0) is 42.8 Å². The lowest BCUT2D eigenvalue weighted by Crippen LogP contribution is -2.27. The molecule has 0 spiro atoms. The molecule has 8 heteroatoms. The summed E-state index contributed by atoms with van der Waals surface area (Å²) in [5, 5.41) is 10.9. The van der Waals surface area contributed by atoms with Crippen molar-refractivity contribution in [3.63, 3.8) is 0 Å². The van der Waals surface area contributed by atoms with Gasteiger partial charge < -0.3 is 4.42 Å². The van der Waals surface area contributed by atoms with Gasteiger partial charge in [0.1, 0.15) is 11.5 Å². The van der Waals surface area contributed by atoms with Gasteiger partial charge in [0.15, 0.2) is 4.32 Å². The Morgan fingerprint density at radius 2 is 1.90 bits per heavy atom. The maximum atomic E-state index is 12.8. The van der Waals surface area contributed by atoms with Crippen LogP contribution in [0, 0.1) is 17.0 Å². The van der Waals surface area contributed by atoms with Crippen LogP contribution in [-0.2, 0) is 4.79 Å². The van der Waals surface area contributed by atoms with Gasteiger partial charge in [-0.15, -0.1) is 0 Å². The monoisotopic (exact) mass is 422 g/mol. The van der Waals surface area contributed by atoms with Crippen LogP contribution in [0.25, 0.3) is 17.4 Å². The number of non-ortho nitro benzene ring substituents is 1. The highest BCUT2D eigenvalue weighted by molar-refractivity contribution is 8.27. The Kier molecular flexibility index (Phi) is 5.04. The number of hydrogen-bond acceptors (Lipinski definition) is 6. The van der Waals surface area contributed by atoms with Gasteiger partial charge in [0.2, 0.25) is 0 Å². The molecule has 2 heterocycles. The maximum absolute atomic E-state index is 12.8. The molecule has 0 unspecified atom stereocenters. The summed E-state index contributed by atoms with van der Waals surface area (Å²) in [7, 11) is 0.